The Hall–Kier alpha value is -2.35. The van der Waals surface area contributed by atoms with Crippen LogP contribution < -0.4 is 16.8 Å². The standard InChI is InChI=1S/C15H20N6OS/c1-9(2)11(23-15-20-13(16)19-14(17)21-15)12(22)18-8-10-6-4-3-5-7-10/h3-7,9,11H,8H2,1-2H3,(H,18,22)(H4,16,17,19,20,21). The number of rotatable bonds is 6. The van der Waals surface area contributed by atoms with Crippen LogP contribution in [0.15, 0.2) is 35.5 Å². The Kier molecular flexibility index (Phi) is 5.75. The van der Waals surface area contributed by atoms with Gasteiger partial charge in [-0.3, -0.25) is 4.79 Å². The number of nitrogens with zero attached hydrogens (tertiary/aromatic N) is 3. The van der Waals surface area contributed by atoms with Crippen LogP contribution in [0.2, 0.25) is 0 Å². The third-order valence-electron chi connectivity index (χ3n) is 3.06. The molecule has 1 aromatic heterocycles. The number of nitrogens with one attached hydrogen (secondary N) is 1. The van der Waals surface area contributed by atoms with Crippen molar-refractivity contribution < 1.29 is 4.79 Å². The Balaban J connectivity index is 2.03. The molecule has 8 heteroatoms. The molecule has 1 amide bonds. The van der Waals surface area contributed by atoms with Crippen LogP contribution in [-0.4, -0.2) is 26.1 Å². The largest absolute Gasteiger partial charge is 0.368 e. The number of carbonyl (C=O) groups excluding carboxylic acids is 1. The molecule has 7 nitrogen and oxygen atoms in total. The number of aromatic nitrogens is 3. The second-order valence-electron chi connectivity index (χ2n) is 5.32. The zero-order valence-corrected chi connectivity index (χ0v) is 13.9. The van der Waals surface area contributed by atoms with E-state index in [1.807, 2.05) is 44.2 Å². The topological polar surface area (TPSA) is 120 Å². The molecular formula is C15H20N6OS. The fourth-order valence-corrected chi connectivity index (χ4v) is 2.91. The van der Waals surface area contributed by atoms with E-state index in [9.17, 15) is 4.79 Å². The van der Waals surface area contributed by atoms with E-state index in [-0.39, 0.29) is 29.0 Å². The second kappa shape index (κ2) is 7.77. The zero-order chi connectivity index (χ0) is 16.8. The fourth-order valence-electron chi connectivity index (χ4n) is 1.93. The first kappa shape index (κ1) is 17.0. The molecule has 0 aliphatic heterocycles. The van der Waals surface area contributed by atoms with Gasteiger partial charge in [-0.1, -0.05) is 55.9 Å². The van der Waals surface area contributed by atoms with E-state index >= 15 is 0 Å². The normalized spacial score (nSPS) is 12.1. The number of anilines is 2. The van der Waals surface area contributed by atoms with Gasteiger partial charge >= 0.3 is 0 Å². The maximum Gasteiger partial charge on any atom is 0.234 e. The van der Waals surface area contributed by atoms with Gasteiger partial charge in [-0.15, -0.1) is 0 Å². The summed E-state index contributed by atoms with van der Waals surface area (Å²) in [5, 5.41) is 2.94. The Labute approximate surface area is 139 Å². The monoisotopic (exact) mass is 332 g/mol. The van der Waals surface area contributed by atoms with Gasteiger partial charge in [0.2, 0.25) is 17.8 Å². The minimum atomic E-state index is -0.347. The number of thioether (sulfide) groups is 1. The van der Waals surface area contributed by atoms with Crippen LogP contribution in [0.5, 0.6) is 0 Å². The van der Waals surface area contributed by atoms with Gasteiger partial charge in [0, 0.05) is 6.54 Å². The van der Waals surface area contributed by atoms with Gasteiger partial charge in [-0.05, 0) is 11.5 Å². The van der Waals surface area contributed by atoms with Gasteiger partial charge in [-0.25, -0.2) is 0 Å². The average molecular weight is 332 g/mol. The highest BCUT2D eigenvalue weighted by Crippen LogP contribution is 2.26. The highest BCUT2D eigenvalue weighted by molar-refractivity contribution is 8.00. The Morgan fingerprint density at radius 3 is 2.30 bits per heavy atom. The van der Waals surface area contributed by atoms with Crippen molar-refractivity contribution in [1.82, 2.24) is 20.3 Å². The van der Waals surface area contributed by atoms with Crippen molar-refractivity contribution >= 4 is 29.6 Å². The van der Waals surface area contributed by atoms with Crippen LogP contribution in [0.3, 0.4) is 0 Å². The minimum Gasteiger partial charge on any atom is -0.368 e. The van der Waals surface area contributed by atoms with Crippen molar-refractivity contribution in [2.45, 2.75) is 30.8 Å². The van der Waals surface area contributed by atoms with E-state index < -0.39 is 0 Å². The highest BCUT2D eigenvalue weighted by atomic mass is 32.2. The number of benzene rings is 1. The van der Waals surface area contributed by atoms with Crippen LogP contribution in [0, 0.1) is 5.92 Å². The number of hydrogen-bond acceptors (Lipinski definition) is 7. The number of amides is 1. The lowest BCUT2D eigenvalue weighted by Crippen LogP contribution is -2.35. The first-order valence-corrected chi connectivity index (χ1v) is 8.09. The van der Waals surface area contributed by atoms with E-state index in [1.54, 1.807) is 0 Å². The first-order valence-electron chi connectivity index (χ1n) is 7.21. The number of carbonyl (C=O) groups is 1. The van der Waals surface area contributed by atoms with E-state index in [0.29, 0.717) is 11.7 Å². The zero-order valence-electron chi connectivity index (χ0n) is 13.1. The van der Waals surface area contributed by atoms with E-state index in [0.717, 1.165) is 5.56 Å². The molecule has 1 aromatic carbocycles. The summed E-state index contributed by atoms with van der Waals surface area (Å²) >= 11 is 1.23. The smallest absolute Gasteiger partial charge is 0.234 e. The number of nitrogens with two attached hydrogens (primary N) is 2. The molecule has 0 aliphatic rings. The molecule has 122 valence electrons. The Morgan fingerprint density at radius 1 is 1.13 bits per heavy atom. The lowest BCUT2D eigenvalue weighted by Gasteiger charge is -2.19. The molecule has 1 atom stereocenters. The third kappa shape index (κ3) is 5.10. The van der Waals surface area contributed by atoms with Crippen molar-refractivity contribution in [3.63, 3.8) is 0 Å². The molecule has 0 spiro atoms. The van der Waals surface area contributed by atoms with Crippen molar-refractivity contribution in [2.75, 3.05) is 11.5 Å². The molecule has 23 heavy (non-hydrogen) atoms. The summed E-state index contributed by atoms with van der Waals surface area (Å²) < 4.78 is 0. The van der Waals surface area contributed by atoms with Crippen LogP contribution in [0.1, 0.15) is 19.4 Å². The van der Waals surface area contributed by atoms with Crippen LogP contribution in [0.4, 0.5) is 11.9 Å². The molecule has 0 saturated carbocycles. The van der Waals surface area contributed by atoms with Crippen LogP contribution in [-0.2, 0) is 11.3 Å². The van der Waals surface area contributed by atoms with Gasteiger partial charge in [0.1, 0.15) is 0 Å². The summed E-state index contributed by atoms with van der Waals surface area (Å²) in [4.78, 5) is 24.2. The SMILES string of the molecule is CC(C)C(Sc1nc(N)nc(N)n1)C(=O)NCc1ccccc1. The van der Waals surface area contributed by atoms with Crippen molar-refractivity contribution in [3.8, 4) is 0 Å². The summed E-state index contributed by atoms with van der Waals surface area (Å²) in [6.45, 7) is 4.41. The van der Waals surface area contributed by atoms with Gasteiger partial charge < -0.3 is 16.8 Å². The molecule has 2 aromatic rings. The minimum absolute atomic E-state index is 0.0483. The predicted octanol–water partition coefficient (Wildman–Crippen LogP) is 1.47. The maximum absolute atomic E-state index is 12.5. The average Bonchev–Trinajstić information content (AvgIpc) is 2.50. The van der Waals surface area contributed by atoms with Crippen LogP contribution >= 0.6 is 11.8 Å². The molecule has 5 N–H and O–H groups in total. The molecular weight excluding hydrogens is 312 g/mol. The highest BCUT2D eigenvalue weighted by Gasteiger charge is 2.25. The summed E-state index contributed by atoms with van der Waals surface area (Å²) in [6, 6.07) is 9.74. The molecule has 2 rings (SSSR count). The molecule has 0 fully saturated rings. The number of nitrogen functional groups attached to an aromatic ring is 2. The van der Waals surface area contributed by atoms with Crippen molar-refractivity contribution in [3.05, 3.63) is 35.9 Å². The summed E-state index contributed by atoms with van der Waals surface area (Å²) in [5.74, 6) is 0.112. The van der Waals surface area contributed by atoms with E-state index in [2.05, 4.69) is 20.3 Å². The van der Waals surface area contributed by atoms with Gasteiger partial charge in [0.05, 0.1) is 5.25 Å². The second-order valence-corrected chi connectivity index (χ2v) is 6.43. The summed E-state index contributed by atoms with van der Waals surface area (Å²) in [5.41, 5.74) is 12.2. The van der Waals surface area contributed by atoms with Gasteiger partial charge in [-0.2, -0.15) is 15.0 Å². The molecule has 1 unspecified atom stereocenters. The molecule has 0 radical (unpaired) electrons. The maximum atomic E-state index is 12.5. The van der Waals surface area contributed by atoms with Gasteiger partial charge in [0.15, 0.2) is 5.16 Å². The summed E-state index contributed by atoms with van der Waals surface area (Å²) in [6.07, 6.45) is 0. The Morgan fingerprint density at radius 2 is 1.74 bits per heavy atom. The summed E-state index contributed by atoms with van der Waals surface area (Å²) in [7, 11) is 0. The lowest BCUT2D eigenvalue weighted by molar-refractivity contribution is -0.121. The molecule has 0 saturated heterocycles. The molecule has 0 bridgehead atoms. The fraction of sp³-hybridized carbons (Fsp3) is 0.333. The number of hydrogen-bond donors (Lipinski definition) is 3. The Bertz CT molecular complexity index is 644. The van der Waals surface area contributed by atoms with Gasteiger partial charge in [0.25, 0.3) is 0 Å². The molecule has 0 aliphatic carbocycles. The molecule has 1 heterocycles. The van der Waals surface area contributed by atoms with Crippen LogP contribution in [0.25, 0.3) is 0 Å². The first-order chi connectivity index (χ1) is 11.0. The quantitative estimate of drug-likeness (QED) is 0.685. The van der Waals surface area contributed by atoms with E-state index in [4.69, 9.17) is 11.5 Å². The third-order valence-corrected chi connectivity index (χ3v) is 4.46. The predicted molar refractivity (Wildman–Crippen MR) is 91.4 cm³/mol. The van der Waals surface area contributed by atoms with Crippen molar-refractivity contribution in [2.24, 2.45) is 5.92 Å². The van der Waals surface area contributed by atoms with E-state index in [1.165, 1.54) is 11.8 Å². The van der Waals surface area contributed by atoms with Crippen molar-refractivity contribution in [1.29, 1.82) is 0 Å². The lowest BCUT2D eigenvalue weighted by atomic mass is 10.1.